The summed E-state index contributed by atoms with van der Waals surface area (Å²) in [6.45, 7) is 9.65. The number of nitrogens with zero attached hydrogens (tertiary/aromatic N) is 5. The Morgan fingerprint density at radius 2 is 0.758 bits per heavy atom. The molecule has 1 aliphatic rings. The minimum atomic E-state index is 0.0904. The van der Waals surface area contributed by atoms with Gasteiger partial charge in [0.2, 0.25) is 0 Å². The summed E-state index contributed by atoms with van der Waals surface area (Å²) in [5.41, 5.74) is 13.0. The molecule has 298 valence electrons. The van der Waals surface area contributed by atoms with Crippen LogP contribution in [0.2, 0.25) is 0 Å². The minimum absolute atomic E-state index is 0.0904. The molecule has 0 aliphatic heterocycles. The van der Waals surface area contributed by atoms with E-state index in [0.717, 1.165) is 28.1 Å². The molecule has 0 atom stereocenters. The summed E-state index contributed by atoms with van der Waals surface area (Å²) in [5.74, 6) is 1.92. The number of hydrogen-bond acceptors (Lipinski definition) is 3. The fourth-order valence-corrected chi connectivity index (χ4v) is 10.1. The molecule has 5 nitrogen and oxygen atoms in total. The van der Waals surface area contributed by atoms with E-state index in [0.29, 0.717) is 17.5 Å². The van der Waals surface area contributed by atoms with Crippen molar-refractivity contribution in [1.82, 2.24) is 24.1 Å². The molecule has 0 unspecified atom stereocenters. The lowest BCUT2D eigenvalue weighted by atomic mass is 9.63. The summed E-state index contributed by atoms with van der Waals surface area (Å²) in [6.07, 6.45) is 2.35. The SMILES string of the molecule is CC1(C)CCC(C)(C)c2cc3c(cc21)c1cc2ccccc2cc1n3-c1ccc(-c2nc(-c3ccccc3)nc(-c3ccc(-n4c5ccccc5c5ccccc54)cc3)n2)cc1. The van der Waals surface area contributed by atoms with E-state index in [4.69, 9.17) is 15.0 Å². The Kier molecular flexibility index (Phi) is 7.98. The van der Waals surface area contributed by atoms with E-state index in [1.807, 2.05) is 18.2 Å². The van der Waals surface area contributed by atoms with E-state index >= 15 is 0 Å². The van der Waals surface area contributed by atoms with Crippen LogP contribution in [0.15, 0.2) is 176 Å². The largest absolute Gasteiger partial charge is 0.309 e. The molecule has 8 aromatic carbocycles. The van der Waals surface area contributed by atoms with E-state index in [1.165, 1.54) is 78.4 Å². The molecule has 3 aromatic heterocycles. The Hall–Kier alpha value is -7.37. The monoisotopic (exact) mass is 799 g/mol. The Bertz CT molecular complexity index is 3500. The lowest BCUT2D eigenvalue weighted by Crippen LogP contribution is -2.33. The predicted octanol–water partition coefficient (Wildman–Crippen LogP) is 14.6. The Balaban J connectivity index is 0.989. The number of fused-ring (bicyclic) bond motifs is 8. The molecule has 11 aromatic rings. The molecule has 1 aliphatic carbocycles. The Labute approximate surface area is 361 Å². The minimum Gasteiger partial charge on any atom is -0.309 e. The predicted molar refractivity (Wildman–Crippen MR) is 258 cm³/mol. The first kappa shape index (κ1) is 36.5. The van der Waals surface area contributed by atoms with Crippen molar-refractivity contribution in [2.75, 3.05) is 0 Å². The van der Waals surface area contributed by atoms with Crippen molar-refractivity contribution in [3.63, 3.8) is 0 Å². The van der Waals surface area contributed by atoms with Crippen LogP contribution in [-0.2, 0) is 10.8 Å². The third kappa shape index (κ3) is 5.72. The van der Waals surface area contributed by atoms with Crippen molar-refractivity contribution in [2.24, 2.45) is 0 Å². The summed E-state index contributed by atoms with van der Waals surface area (Å²) in [7, 11) is 0. The first-order valence-corrected chi connectivity index (χ1v) is 21.7. The molecule has 0 amide bonds. The number of aromatic nitrogens is 5. The van der Waals surface area contributed by atoms with Crippen LogP contribution in [0.4, 0.5) is 0 Å². The molecular weight excluding hydrogens is 755 g/mol. The summed E-state index contributed by atoms with van der Waals surface area (Å²) < 4.78 is 4.80. The second kappa shape index (κ2) is 13.6. The van der Waals surface area contributed by atoms with E-state index in [1.54, 1.807) is 0 Å². The van der Waals surface area contributed by atoms with Gasteiger partial charge in [-0.2, -0.15) is 0 Å². The summed E-state index contributed by atoms with van der Waals surface area (Å²) in [4.78, 5) is 15.3. The molecule has 0 saturated heterocycles. The fraction of sp³-hybridized carbons (Fsp3) is 0.140. The van der Waals surface area contributed by atoms with E-state index in [9.17, 15) is 0 Å². The van der Waals surface area contributed by atoms with Gasteiger partial charge in [-0.05, 0) is 131 Å². The highest BCUT2D eigenvalue weighted by molar-refractivity contribution is 6.14. The molecule has 0 N–H and O–H groups in total. The van der Waals surface area contributed by atoms with Gasteiger partial charge in [-0.3, -0.25) is 0 Å². The highest BCUT2D eigenvalue weighted by Crippen LogP contribution is 2.49. The van der Waals surface area contributed by atoms with Crippen LogP contribution in [0.1, 0.15) is 51.7 Å². The van der Waals surface area contributed by atoms with Gasteiger partial charge in [-0.1, -0.05) is 119 Å². The number of benzene rings is 8. The lowest BCUT2D eigenvalue weighted by molar-refractivity contribution is 0.332. The number of rotatable bonds is 5. The van der Waals surface area contributed by atoms with Gasteiger partial charge in [0, 0.05) is 49.6 Å². The molecule has 62 heavy (non-hydrogen) atoms. The average Bonchev–Trinajstić information content (AvgIpc) is 3.81. The standard InChI is InChI=1S/C57H45N5/c1-56(2)30-31-57(3,4)48-35-52-46(34-47(48)56)45-32-39-16-8-9-17-40(39)33-51(45)62(52)42-28-24-38(25-29-42)55-59-53(36-14-6-5-7-15-36)58-54(60-55)37-22-26-41(27-23-37)61-49-20-12-10-18-43(49)44-19-11-13-21-50(44)61/h5-29,32-35H,30-31H2,1-4H3. The lowest BCUT2D eigenvalue weighted by Gasteiger charge is -2.42. The average molecular weight is 800 g/mol. The number of hydrogen-bond donors (Lipinski definition) is 0. The van der Waals surface area contributed by atoms with Crippen molar-refractivity contribution in [3.05, 3.63) is 187 Å². The molecule has 0 saturated carbocycles. The Morgan fingerprint density at radius 3 is 1.31 bits per heavy atom. The van der Waals surface area contributed by atoms with Crippen molar-refractivity contribution in [1.29, 1.82) is 0 Å². The van der Waals surface area contributed by atoms with Gasteiger partial charge in [-0.25, -0.2) is 15.0 Å². The molecule has 0 spiro atoms. The van der Waals surface area contributed by atoms with Crippen LogP contribution in [0.3, 0.4) is 0 Å². The normalized spacial score (nSPS) is 14.6. The smallest absolute Gasteiger partial charge is 0.164 e. The quantitative estimate of drug-likeness (QED) is 0.174. The molecule has 0 fully saturated rings. The molecule has 12 rings (SSSR count). The van der Waals surface area contributed by atoms with Crippen LogP contribution in [-0.4, -0.2) is 24.1 Å². The second-order valence-corrected chi connectivity index (χ2v) is 18.4. The zero-order chi connectivity index (χ0) is 41.7. The van der Waals surface area contributed by atoms with Gasteiger partial charge < -0.3 is 9.13 Å². The summed E-state index contributed by atoms with van der Waals surface area (Å²) in [6, 6.07) is 63.3. The van der Waals surface area contributed by atoms with Gasteiger partial charge in [0.25, 0.3) is 0 Å². The van der Waals surface area contributed by atoms with Gasteiger partial charge in [0.05, 0.1) is 22.1 Å². The molecule has 5 heteroatoms. The van der Waals surface area contributed by atoms with Crippen LogP contribution in [0.5, 0.6) is 0 Å². The molecule has 0 radical (unpaired) electrons. The van der Waals surface area contributed by atoms with Gasteiger partial charge in [0.1, 0.15) is 0 Å². The second-order valence-electron chi connectivity index (χ2n) is 18.4. The van der Waals surface area contributed by atoms with Crippen LogP contribution in [0, 0.1) is 0 Å². The zero-order valence-corrected chi connectivity index (χ0v) is 35.4. The van der Waals surface area contributed by atoms with Crippen molar-refractivity contribution in [2.45, 2.75) is 51.4 Å². The number of para-hydroxylation sites is 2. The zero-order valence-electron chi connectivity index (χ0n) is 35.4. The van der Waals surface area contributed by atoms with Crippen molar-refractivity contribution >= 4 is 54.4 Å². The maximum atomic E-state index is 5.16. The van der Waals surface area contributed by atoms with Gasteiger partial charge in [0.15, 0.2) is 17.5 Å². The Morgan fingerprint density at radius 1 is 0.355 bits per heavy atom. The first-order valence-electron chi connectivity index (χ1n) is 21.7. The van der Waals surface area contributed by atoms with E-state index in [-0.39, 0.29) is 10.8 Å². The summed E-state index contributed by atoms with van der Waals surface area (Å²) >= 11 is 0. The van der Waals surface area contributed by atoms with Crippen LogP contribution in [0.25, 0.3) is 99.9 Å². The maximum absolute atomic E-state index is 5.16. The van der Waals surface area contributed by atoms with Crippen molar-refractivity contribution in [3.8, 4) is 45.5 Å². The molecule has 3 heterocycles. The van der Waals surface area contributed by atoms with Crippen LogP contribution < -0.4 is 0 Å². The highest BCUT2D eigenvalue weighted by atomic mass is 15.0. The third-order valence-electron chi connectivity index (χ3n) is 13.6. The first-order chi connectivity index (χ1) is 30.2. The van der Waals surface area contributed by atoms with Crippen LogP contribution >= 0.6 is 0 Å². The van der Waals surface area contributed by atoms with E-state index < -0.39 is 0 Å². The van der Waals surface area contributed by atoms with Crippen molar-refractivity contribution < 1.29 is 0 Å². The topological polar surface area (TPSA) is 48.5 Å². The van der Waals surface area contributed by atoms with E-state index in [2.05, 4.69) is 195 Å². The van der Waals surface area contributed by atoms with Gasteiger partial charge in [-0.15, -0.1) is 0 Å². The summed E-state index contributed by atoms with van der Waals surface area (Å²) in [5, 5.41) is 7.56. The molecular formula is C57H45N5. The fourth-order valence-electron chi connectivity index (χ4n) is 10.1. The maximum Gasteiger partial charge on any atom is 0.164 e. The van der Waals surface area contributed by atoms with Gasteiger partial charge >= 0.3 is 0 Å². The third-order valence-corrected chi connectivity index (χ3v) is 13.6. The highest BCUT2D eigenvalue weighted by Gasteiger charge is 2.38. The molecule has 0 bridgehead atoms.